The highest BCUT2D eigenvalue weighted by Gasteiger charge is 2.30. The fourth-order valence-corrected chi connectivity index (χ4v) is 3.93. The second kappa shape index (κ2) is 8.22. The first-order chi connectivity index (χ1) is 14.3. The zero-order valence-electron chi connectivity index (χ0n) is 17.0. The van der Waals surface area contributed by atoms with Crippen LogP contribution in [-0.2, 0) is 6.18 Å². The third-order valence-electron chi connectivity index (χ3n) is 5.77. The number of nitrogens with zero attached hydrogens (tertiary/aromatic N) is 3. The van der Waals surface area contributed by atoms with Crippen LogP contribution in [0, 0.1) is 6.92 Å². The number of aryl methyl sites for hydroxylation is 1. The molecule has 0 bridgehead atoms. The topological polar surface area (TPSA) is 38.2 Å². The van der Waals surface area contributed by atoms with Gasteiger partial charge < -0.3 is 4.74 Å². The molecule has 1 aliphatic heterocycles. The number of hydrogen-bond acceptors (Lipinski definition) is 4. The van der Waals surface area contributed by atoms with Crippen LogP contribution in [-0.4, -0.2) is 34.1 Å². The average Bonchev–Trinajstić information content (AvgIpc) is 2.73. The van der Waals surface area contributed by atoms with Crippen LogP contribution in [0.3, 0.4) is 0 Å². The van der Waals surface area contributed by atoms with E-state index in [1.807, 2.05) is 13.0 Å². The Morgan fingerprint density at radius 1 is 1.03 bits per heavy atom. The Balaban J connectivity index is 1.36. The lowest BCUT2D eigenvalue weighted by Crippen LogP contribution is -2.39. The molecule has 0 radical (unpaired) electrons. The summed E-state index contributed by atoms with van der Waals surface area (Å²) in [7, 11) is 0. The van der Waals surface area contributed by atoms with Gasteiger partial charge in [-0.05, 0) is 69.2 Å². The number of fused-ring (bicyclic) bond motifs is 1. The van der Waals surface area contributed by atoms with Crippen molar-refractivity contribution in [3.05, 3.63) is 65.6 Å². The van der Waals surface area contributed by atoms with Gasteiger partial charge in [0, 0.05) is 36.4 Å². The Morgan fingerprint density at radius 3 is 2.40 bits per heavy atom. The molecular weight excluding hydrogens is 391 g/mol. The number of likely N-dealkylation sites (tertiary alicyclic amines) is 1. The van der Waals surface area contributed by atoms with E-state index in [-0.39, 0.29) is 12.1 Å². The maximum Gasteiger partial charge on any atom is 0.416 e. The summed E-state index contributed by atoms with van der Waals surface area (Å²) in [5.41, 5.74) is 2.29. The Bertz CT molecular complexity index is 1010. The highest BCUT2D eigenvalue weighted by molar-refractivity contribution is 5.80. The van der Waals surface area contributed by atoms with Gasteiger partial charge in [-0.2, -0.15) is 13.2 Å². The first-order valence-corrected chi connectivity index (χ1v) is 10.1. The zero-order chi connectivity index (χ0) is 21.3. The van der Waals surface area contributed by atoms with Crippen molar-refractivity contribution in [1.29, 1.82) is 0 Å². The van der Waals surface area contributed by atoms with E-state index in [9.17, 15) is 13.2 Å². The molecule has 2 aromatic heterocycles. The van der Waals surface area contributed by atoms with E-state index in [2.05, 4.69) is 28.9 Å². The lowest BCUT2D eigenvalue weighted by molar-refractivity contribution is -0.137. The van der Waals surface area contributed by atoms with Crippen molar-refractivity contribution in [1.82, 2.24) is 14.9 Å². The van der Waals surface area contributed by atoms with Crippen LogP contribution in [0.1, 0.15) is 42.8 Å². The van der Waals surface area contributed by atoms with Gasteiger partial charge in [-0.3, -0.25) is 14.9 Å². The molecule has 0 saturated carbocycles. The molecule has 4 nitrogen and oxygen atoms in total. The molecule has 0 amide bonds. The first kappa shape index (κ1) is 20.6. The number of benzene rings is 1. The van der Waals surface area contributed by atoms with E-state index in [1.54, 1.807) is 6.20 Å². The molecule has 1 atom stereocenters. The van der Waals surface area contributed by atoms with Crippen molar-refractivity contribution in [2.45, 2.75) is 45.0 Å². The molecule has 30 heavy (non-hydrogen) atoms. The number of piperidine rings is 1. The SMILES string of the molecule is Cc1nccc2nc(C(C)N3CCC(Oc4ccc(C(F)(F)F)cc4)CC3)ccc12. The number of halogens is 3. The number of rotatable bonds is 4. The molecule has 1 aliphatic rings. The summed E-state index contributed by atoms with van der Waals surface area (Å²) in [5, 5.41) is 1.07. The Kier molecular flexibility index (Phi) is 5.64. The van der Waals surface area contributed by atoms with E-state index < -0.39 is 11.7 Å². The number of hydrogen-bond donors (Lipinski definition) is 0. The number of alkyl halides is 3. The minimum absolute atomic E-state index is 0.00322. The second-order valence-electron chi connectivity index (χ2n) is 7.75. The van der Waals surface area contributed by atoms with Crippen molar-refractivity contribution in [2.24, 2.45) is 0 Å². The van der Waals surface area contributed by atoms with Crippen LogP contribution in [0.5, 0.6) is 5.75 Å². The molecule has 0 N–H and O–H groups in total. The molecule has 7 heteroatoms. The Labute approximate surface area is 173 Å². The normalized spacial score (nSPS) is 17.2. The molecule has 1 aromatic carbocycles. The summed E-state index contributed by atoms with van der Waals surface area (Å²) in [6, 6.07) is 11.2. The van der Waals surface area contributed by atoms with Gasteiger partial charge in [-0.1, -0.05) is 0 Å². The predicted molar refractivity (Wildman–Crippen MR) is 109 cm³/mol. The van der Waals surface area contributed by atoms with E-state index in [0.717, 1.165) is 60.4 Å². The van der Waals surface area contributed by atoms with Crippen molar-refractivity contribution >= 4 is 10.9 Å². The maximum atomic E-state index is 12.7. The van der Waals surface area contributed by atoms with E-state index in [0.29, 0.717) is 5.75 Å². The predicted octanol–water partition coefficient (Wildman–Crippen LogP) is 5.56. The van der Waals surface area contributed by atoms with Crippen molar-refractivity contribution < 1.29 is 17.9 Å². The molecule has 0 aliphatic carbocycles. The zero-order valence-corrected chi connectivity index (χ0v) is 17.0. The first-order valence-electron chi connectivity index (χ1n) is 10.1. The maximum absolute atomic E-state index is 12.7. The molecule has 1 saturated heterocycles. The lowest BCUT2D eigenvalue weighted by atomic mass is 10.0. The van der Waals surface area contributed by atoms with Gasteiger partial charge in [0.2, 0.25) is 0 Å². The fraction of sp³-hybridized carbons (Fsp3) is 0.391. The smallest absolute Gasteiger partial charge is 0.416 e. The molecule has 0 spiro atoms. The minimum Gasteiger partial charge on any atom is -0.490 e. The van der Waals surface area contributed by atoms with Gasteiger partial charge in [0.05, 0.1) is 16.8 Å². The summed E-state index contributed by atoms with van der Waals surface area (Å²) in [6.07, 6.45) is -0.900. The highest BCUT2D eigenvalue weighted by Crippen LogP contribution is 2.31. The van der Waals surface area contributed by atoms with Crippen LogP contribution in [0.25, 0.3) is 10.9 Å². The average molecular weight is 415 g/mol. The molecular formula is C23H24F3N3O. The molecule has 158 valence electrons. The van der Waals surface area contributed by atoms with E-state index in [1.165, 1.54) is 12.1 Å². The summed E-state index contributed by atoms with van der Waals surface area (Å²) < 4.78 is 44.0. The third-order valence-corrected chi connectivity index (χ3v) is 5.77. The van der Waals surface area contributed by atoms with Gasteiger partial charge in [-0.15, -0.1) is 0 Å². The Hall–Kier alpha value is -2.67. The van der Waals surface area contributed by atoms with Gasteiger partial charge in [0.15, 0.2) is 0 Å². The molecule has 3 heterocycles. The summed E-state index contributed by atoms with van der Waals surface area (Å²) in [5.74, 6) is 0.481. The van der Waals surface area contributed by atoms with Crippen molar-refractivity contribution in [3.8, 4) is 5.75 Å². The largest absolute Gasteiger partial charge is 0.490 e. The number of ether oxygens (including phenoxy) is 1. The quantitative estimate of drug-likeness (QED) is 0.559. The van der Waals surface area contributed by atoms with Crippen molar-refractivity contribution in [3.63, 3.8) is 0 Å². The van der Waals surface area contributed by atoms with Crippen LogP contribution in [0.4, 0.5) is 13.2 Å². The molecule has 3 aromatic rings. The summed E-state index contributed by atoms with van der Waals surface area (Å²) >= 11 is 0. The summed E-state index contributed by atoms with van der Waals surface area (Å²) in [6.45, 7) is 5.83. The lowest BCUT2D eigenvalue weighted by Gasteiger charge is -2.35. The van der Waals surface area contributed by atoms with Gasteiger partial charge in [0.1, 0.15) is 11.9 Å². The van der Waals surface area contributed by atoms with Gasteiger partial charge >= 0.3 is 6.18 Å². The second-order valence-corrected chi connectivity index (χ2v) is 7.75. The molecule has 4 rings (SSSR count). The van der Waals surface area contributed by atoms with Crippen LogP contribution < -0.4 is 4.74 Å². The summed E-state index contributed by atoms with van der Waals surface area (Å²) in [4.78, 5) is 11.5. The molecule has 1 fully saturated rings. The Morgan fingerprint density at radius 2 is 1.73 bits per heavy atom. The minimum atomic E-state index is -4.33. The van der Waals surface area contributed by atoms with E-state index in [4.69, 9.17) is 9.72 Å². The molecule has 1 unspecified atom stereocenters. The monoisotopic (exact) mass is 415 g/mol. The fourth-order valence-electron chi connectivity index (χ4n) is 3.93. The van der Waals surface area contributed by atoms with E-state index >= 15 is 0 Å². The van der Waals surface area contributed by atoms with Gasteiger partial charge in [-0.25, -0.2) is 0 Å². The standard InChI is InChI=1S/C23H24F3N3O/c1-15-20-7-8-21(28-22(20)9-12-27-15)16(2)29-13-10-19(11-14-29)30-18-5-3-17(4-6-18)23(24,25)26/h3-9,12,16,19H,10-11,13-14H2,1-2H3. The van der Waals surface area contributed by atoms with Crippen LogP contribution in [0.2, 0.25) is 0 Å². The van der Waals surface area contributed by atoms with Crippen molar-refractivity contribution in [2.75, 3.05) is 13.1 Å². The third kappa shape index (κ3) is 4.41. The highest BCUT2D eigenvalue weighted by atomic mass is 19.4. The number of aromatic nitrogens is 2. The van der Waals surface area contributed by atoms with Crippen LogP contribution >= 0.6 is 0 Å². The number of pyridine rings is 2. The van der Waals surface area contributed by atoms with Crippen LogP contribution in [0.15, 0.2) is 48.7 Å². The van der Waals surface area contributed by atoms with Gasteiger partial charge in [0.25, 0.3) is 0 Å².